The monoisotopic (exact) mass is 338 g/mol. The van der Waals surface area contributed by atoms with E-state index in [1.54, 1.807) is 0 Å². The van der Waals surface area contributed by atoms with Gasteiger partial charge < -0.3 is 10.1 Å². The fraction of sp³-hybridized carbons (Fsp3) is 0.158. The third-order valence-corrected chi connectivity index (χ3v) is 3.70. The maximum Gasteiger partial charge on any atom is 0.262 e. The van der Waals surface area contributed by atoms with Crippen molar-refractivity contribution in [3.05, 3.63) is 72.4 Å². The van der Waals surface area contributed by atoms with Crippen LogP contribution in [0.15, 0.2) is 66.8 Å². The van der Waals surface area contributed by atoms with Crippen molar-refractivity contribution in [2.24, 2.45) is 0 Å². The quantitative estimate of drug-likeness (QED) is 0.456. The van der Waals surface area contributed by atoms with Crippen molar-refractivity contribution in [3.8, 4) is 0 Å². The van der Waals surface area contributed by atoms with Crippen molar-refractivity contribution in [2.45, 2.75) is 12.5 Å². The highest BCUT2D eigenvalue weighted by atomic mass is 16.2. The van der Waals surface area contributed by atoms with Crippen LogP contribution in [-0.4, -0.2) is 41.5 Å². The summed E-state index contributed by atoms with van der Waals surface area (Å²) >= 11 is 0. The Bertz CT molecular complexity index is 765. The zero-order chi connectivity index (χ0) is 18.4. The van der Waals surface area contributed by atoms with E-state index in [1.807, 2.05) is 30.3 Å². The van der Waals surface area contributed by atoms with E-state index in [2.05, 4.69) is 18.5 Å². The number of hydrogen-bond donors (Lipinski definition) is 1. The average Bonchev–Trinajstić information content (AvgIpc) is 2.80. The number of nitrogens with zero attached hydrogens (tertiary/aromatic N) is 1. The molecule has 128 valence electrons. The van der Waals surface area contributed by atoms with Crippen molar-refractivity contribution in [3.63, 3.8) is 0 Å². The van der Waals surface area contributed by atoms with Crippen LogP contribution in [-0.2, 0) is 25.6 Å². The molecule has 0 spiro atoms. The molecule has 0 bridgehead atoms. The minimum atomic E-state index is -0.742. The number of carbonyl (C=O) groups is 4. The summed E-state index contributed by atoms with van der Waals surface area (Å²) in [5, 5.41) is 2.52. The summed E-state index contributed by atoms with van der Waals surface area (Å²) in [6, 6.07) is 8.46. The molecule has 1 N–H and O–H groups in total. The molecule has 1 saturated heterocycles. The lowest BCUT2D eigenvalue weighted by molar-refractivity contribution is -0.141. The number of carbonyl (C=O) groups excluding carboxylic acids is 4. The second kappa shape index (κ2) is 8.01. The minimum Gasteiger partial charge on any atom is -0.345 e. The van der Waals surface area contributed by atoms with E-state index in [1.165, 1.54) is 12.2 Å². The molecule has 6 nitrogen and oxygen atoms in total. The van der Waals surface area contributed by atoms with Crippen molar-refractivity contribution in [1.29, 1.82) is 0 Å². The van der Waals surface area contributed by atoms with E-state index in [0.717, 1.165) is 10.5 Å². The predicted molar refractivity (Wildman–Crippen MR) is 92.3 cm³/mol. The fourth-order valence-corrected chi connectivity index (χ4v) is 2.48. The lowest BCUT2D eigenvalue weighted by Gasteiger charge is -2.16. The SMILES string of the molecule is C=C/C=C1\C(=C)C(=O)N(CC(=O)NC(C=O)Cc2ccccc2)C1=O. The summed E-state index contributed by atoms with van der Waals surface area (Å²) in [6.07, 6.45) is 3.70. The molecular weight excluding hydrogens is 320 g/mol. The molecule has 0 saturated carbocycles. The third-order valence-electron chi connectivity index (χ3n) is 3.70. The second-order valence-electron chi connectivity index (χ2n) is 5.49. The number of likely N-dealkylation sites (tertiary alicyclic amines) is 1. The van der Waals surface area contributed by atoms with E-state index in [0.29, 0.717) is 12.7 Å². The number of imide groups is 1. The molecule has 1 unspecified atom stereocenters. The lowest BCUT2D eigenvalue weighted by atomic mass is 10.1. The van der Waals surface area contributed by atoms with Crippen LogP contribution in [0.25, 0.3) is 0 Å². The highest BCUT2D eigenvalue weighted by Crippen LogP contribution is 2.23. The number of nitrogens with one attached hydrogen (secondary N) is 1. The first-order valence-electron chi connectivity index (χ1n) is 7.64. The number of aldehydes is 1. The smallest absolute Gasteiger partial charge is 0.262 e. The van der Waals surface area contributed by atoms with Crippen molar-refractivity contribution in [2.75, 3.05) is 6.54 Å². The van der Waals surface area contributed by atoms with Crippen LogP contribution in [0, 0.1) is 0 Å². The van der Waals surface area contributed by atoms with Crippen LogP contribution in [0.2, 0.25) is 0 Å². The topological polar surface area (TPSA) is 83.6 Å². The molecule has 1 fully saturated rings. The minimum absolute atomic E-state index is 0.0222. The summed E-state index contributed by atoms with van der Waals surface area (Å²) in [5.41, 5.74) is 1.02. The summed E-state index contributed by atoms with van der Waals surface area (Å²) < 4.78 is 0. The van der Waals surface area contributed by atoms with Gasteiger partial charge in [0, 0.05) is 5.57 Å². The summed E-state index contributed by atoms with van der Waals surface area (Å²) in [7, 11) is 0. The average molecular weight is 338 g/mol. The summed E-state index contributed by atoms with van der Waals surface area (Å²) in [6.45, 7) is 6.57. The molecule has 1 heterocycles. The van der Waals surface area contributed by atoms with E-state index in [4.69, 9.17) is 0 Å². The normalized spacial score (nSPS) is 16.9. The van der Waals surface area contributed by atoms with Gasteiger partial charge in [0.2, 0.25) is 5.91 Å². The van der Waals surface area contributed by atoms with Gasteiger partial charge in [-0.3, -0.25) is 19.3 Å². The van der Waals surface area contributed by atoms with Crippen molar-refractivity contribution < 1.29 is 19.2 Å². The Kier molecular flexibility index (Phi) is 5.79. The van der Waals surface area contributed by atoms with Gasteiger partial charge in [-0.25, -0.2) is 0 Å². The highest BCUT2D eigenvalue weighted by Gasteiger charge is 2.38. The first kappa shape index (κ1) is 18.1. The Balaban J connectivity index is 2.01. The van der Waals surface area contributed by atoms with Crippen LogP contribution in [0.3, 0.4) is 0 Å². The molecule has 6 heteroatoms. The molecule has 0 aliphatic carbocycles. The Hall–Kier alpha value is -3.28. The number of amides is 3. The van der Waals surface area contributed by atoms with Crippen LogP contribution in [0.4, 0.5) is 0 Å². The first-order valence-corrected chi connectivity index (χ1v) is 7.64. The summed E-state index contributed by atoms with van der Waals surface area (Å²) in [5.74, 6) is -1.82. The van der Waals surface area contributed by atoms with E-state index < -0.39 is 30.3 Å². The predicted octanol–water partition coefficient (Wildman–Crippen LogP) is 0.950. The lowest BCUT2D eigenvalue weighted by Crippen LogP contribution is -2.45. The third kappa shape index (κ3) is 4.17. The number of benzene rings is 1. The van der Waals surface area contributed by atoms with Crippen LogP contribution in [0.1, 0.15) is 5.56 Å². The maximum absolute atomic E-state index is 12.2. The van der Waals surface area contributed by atoms with Crippen molar-refractivity contribution in [1.82, 2.24) is 10.2 Å². The fourth-order valence-electron chi connectivity index (χ4n) is 2.48. The molecule has 3 amide bonds. The molecule has 1 atom stereocenters. The van der Waals surface area contributed by atoms with Crippen LogP contribution in [0.5, 0.6) is 0 Å². The molecule has 1 aromatic rings. The maximum atomic E-state index is 12.2. The molecule has 1 aromatic carbocycles. The Morgan fingerprint density at radius 1 is 1.20 bits per heavy atom. The Morgan fingerprint density at radius 2 is 1.88 bits per heavy atom. The van der Waals surface area contributed by atoms with Gasteiger partial charge in [-0.15, -0.1) is 0 Å². The summed E-state index contributed by atoms with van der Waals surface area (Å²) in [4.78, 5) is 48.4. The van der Waals surface area contributed by atoms with Gasteiger partial charge >= 0.3 is 0 Å². The van der Waals surface area contributed by atoms with Gasteiger partial charge in [-0.2, -0.15) is 0 Å². The first-order chi connectivity index (χ1) is 12.0. The van der Waals surface area contributed by atoms with Crippen LogP contribution < -0.4 is 5.32 Å². The van der Waals surface area contributed by atoms with Gasteiger partial charge in [-0.05, 0) is 18.1 Å². The zero-order valence-corrected chi connectivity index (χ0v) is 13.6. The molecular formula is C19H18N2O4. The Morgan fingerprint density at radius 3 is 2.48 bits per heavy atom. The van der Waals surface area contributed by atoms with Gasteiger partial charge in [0.05, 0.1) is 11.6 Å². The number of allylic oxidation sites excluding steroid dienone is 2. The largest absolute Gasteiger partial charge is 0.345 e. The number of hydrogen-bond acceptors (Lipinski definition) is 4. The molecule has 25 heavy (non-hydrogen) atoms. The van der Waals surface area contributed by atoms with E-state index in [9.17, 15) is 19.2 Å². The highest BCUT2D eigenvalue weighted by molar-refractivity contribution is 6.25. The zero-order valence-electron chi connectivity index (χ0n) is 13.6. The standard InChI is InChI=1S/C19H18N2O4/c1-3-7-16-13(2)18(24)21(19(16)25)11-17(23)20-15(12-22)10-14-8-5-4-6-9-14/h3-9,12,15H,1-2,10-11H2,(H,20,23)/b16-7+. The molecule has 0 aromatic heterocycles. The molecule has 1 aliphatic rings. The van der Waals surface area contributed by atoms with E-state index in [-0.39, 0.29) is 11.1 Å². The molecule has 1 aliphatic heterocycles. The van der Waals surface area contributed by atoms with Crippen LogP contribution >= 0.6 is 0 Å². The Labute approximate surface area is 145 Å². The molecule has 2 rings (SSSR count). The molecule has 0 radical (unpaired) electrons. The van der Waals surface area contributed by atoms with Gasteiger partial charge in [-0.1, -0.05) is 49.6 Å². The van der Waals surface area contributed by atoms with Gasteiger partial charge in [0.1, 0.15) is 12.8 Å². The van der Waals surface area contributed by atoms with Crippen molar-refractivity contribution >= 4 is 24.0 Å². The van der Waals surface area contributed by atoms with Gasteiger partial charge in [0.15, 0.2) is 0 Å². The number of rotatable bonds is 7. The second-order valence-corrected chi connectivity index (χ2v) is 5.49. The van der Waals surface area contributed by atoms with E-state index >= 15 is 0 Å². The van der Waals surface area contributed by atoms with Gasteiger partial charge in [0.25, 0.3) is 11.8 Å².